The van der Waals surface area contributed by atoms with Crippen molar-refractivity contribution in [3.8, 4) is 0 Å². The lowest BCUT2D eigenvalue weighted by molar-refractivity contribution is -0.145. The second-order valence-electron chi connectivity index (χ2n) is 5.59. The standard InChI is InChI=1S/C15H30O4/c1-13(2)7-9-18-11-10-17-8-5-6-15(16)19-12-14(3)4/h13-14H,5-12H2,1-4H3. The molecule has 0 radical (unpaired) electrons. The van der Waals surface area contributed by atoms with Crippen LogP contribution in [0.4, 0.5) is 0 Å². The molecule has 0 aromatic carbocycles. The molecule has 4 nitrogen and oxygen atoms in total. The zero-order chi connectivity index (χ0) is 14.5. The number of carbonyl (C=O) groups is 1. The average molecular weight is 274 g/mol. The SMILES string of the molecule is CC(C)CCOCCOCCCC(=O)OCC(C)C. The third kappa shape index (κ3) is 15.3. The van der Waals surface area contributed by atoms with Crippen molar-refractivity contribution in [3.05, 3.63) is 0 Å². The van der Waals surface area contributed by atoms with Crippen LogP contribution in [0.5, 0.6) is 0 Å². The monoisotopic (exact) mass is 274 g/mol. The number of hydrogen-bond acceptors (Lipinski definition) is 4. The molecule has 0 spiro atoms. The molecule has 0 heterocycles. The first kappa shape index (κ1) is 18.4. The number of rotatable bonds is 12. The van der Waals surface area contributed by atoms with E-state index in [1.54, 1.807) is 0 Å². The zero-order valence-electron chi connectivity index (χ0n) is 12.9. The lowest BCUT2D eigenvalue weighted by atomic mass is 10.1. The minimum Gasteiger partial charge on any atom is -0.465 e. The van der Waals surface area contributed by atoms with Gasteiger partial charge in [0, 0.05) is 19.6 Å². The van der Waals surface area contributed by atoms with Gasteiger partial charge in [-0.15, -0.1) is 0 Å². The van der Waals surface area contributed by atoms with Gasteiger partial charge in [-0.25, -0.2) is 0 Å². The van der Waals surface area contributed by atoms with Gasteiger partial charge in [-0.1, -0.05) is 27.7 Å². The maximum atomic E-state index is 11.3. The van der Waals surface area contributed by atoms with Crippen molar-refractivity contribution < 1.29 is 19.0 Å². The lowest BCUT2D eigenvalue weighted by Gasteiger charge is -2.08. The van der Waals surface area contributed by atoms with Crippen molar-refractivity contribution in [3.63, 3.8) is 0 Å². The molecule has 0 aliphatic carbocycles. The minimum atomic E-state index is -0.134. The molecule has 0 aliphatic rings. The van der Waals surface area contributed by atoms with Gasteiger partial charge in [0.1, 0.15) is 0 Å². The summed E-state index contributed by atoms with van der Waals surface area (Å²) in [5.74, 6) is 0.937. The van der Waals surface area contributed by atoms with E-state index in [4.69, 9.17) is 14.2 Å². The van der Waals surface area contributed by atoms with Crippen molar-refractivity contribution in [2.24, 2.45) is 11.8 Å². The molecular formula is C15H30O4. The topological polar surface area (TPSA) is 44.8 Å². The number of esters is 1. The van der Waals surface area contributed by atoms with Crippen molar-refractivity contribution >= 4 is 5.97 Å². The summed E-state index contributed by atoms with van der Waals surface area (Å²) < 4.78 is 15.9. The van der Waals surface area contributed by atoms with Gasteiger partial charge < -0.3 is 14.2 Å². The summed E-state index contributed by atoms with van der Waals surface area (Å²) in [6, 6.07) is 0. The van der Waals surface area contributed by atoms with E-state index in [9.17, 15) is 4.79 Å². The molecule has 0 aliphatic heterocycles. The summed E-state index contributed by atoms with van der Waals surface area (Å²) in [5.41, 5.74) is 0. The van der Waals surface area contributed by atoms with E-state index in [0.717, 1.165) is 13.0 Å². The fourth-order valence-electron chi connectivity index (χ4n) is 1.29. The normalized spacial score (nSPS) is 11.3. The molecule has 4 heteroatoms. The summed E-state index contributed by atoms with van der Waals surface area (Å²) in [6.45, 7) is 11.5. The predicted molar refractivity (Wildman–Crippen MR) is 76.1 cm³/mol. The van der Waals surface area contributed by atoms with Crippen LogP contribution in [0.2, 0.25) is 0 Å². The third-order valence-electron chi connectivity index (χ3n) is 2.46. The van der Waals surface area contributed by atoms with E-state index < -0.39 is 0 Å². The first-order valence-corrected chi connectivity index (χ1v) is 7.33. The summed E-state index contributed by atoms with van der Waals surface area (Å²) in [7, 11) is 0. The number of carbonyl (C=O) groups excluding carboxylic acids is 1. The summed E-state index contributed by atoms with van der Waals surface area (Å²) in [6.07, 6.45) is 2.23. The Morgan fingerprint density at radius 1 is 0.895 bits per heavy atom. The number of hydrogen-bond donors (Lipinski definition) is 0. The Labute approximate surface area is 117 Å². The number of ether oxygens (including phenoxy) is 3. The molecule has 0 saturated carbocycles. The van der Waals surface area contributed by atoms with E-state index in [1.165, 1.54) is 0 Å². The molecule has 0 N–H and O–H groups in total. The fraction of sp³-hybridized carbons (Fsp3) is 0.933. The van der Waals surface area contributed by atoms with Crippen LogP contribution in [0.3, 0.4) is 0 Å². The van der Waals surface area contributed by atoms with Gasteiger partial charge in [0.05, 0.1) is 19.8 Å². The molecule has 0 fully saturated rings. The van der Waals surface area contributed by atoms with Gasteiger partial charge in [0.15, 0.2) is 0 Å². The third-order valence-corrected chi connectivity index (χ3v) is 2.46. The van der Waals surface area contributed by atoms with E-state index >= 15 is 0 Å². The highest BCUT2D eigenvalue weighted by Gasteiger charge is 2.03. The van der Waals surface area contributed by atoms with Gasteiger partial charge in [0.25, 0.3) is 0 Å². The molecule has 114 valence electrons. The molecule has 0 bridgehead atoms. The lowest BCUT2D eigenvalue weighted by Crippen LogP contribution is -2.11. The second kappa shape index (κ2) is 12.4. The van der Waals surface area contributed by atoms with E-state index in [2.05, 4.69) is 13.8 Å². The quantitative estimate of drug-likeness (QED) is 0.405. The Bertz CT molecular complexity index is 214. The minimum absolute atomic E-state index is 0.134. The van der Waals surface area contributed by atoms with Crippen molar-refractivity contribution in [2.45, 2.75) is 47.0 Å². The Morgan fingerprint density at radius 3 is 2.11 bits per heavy atom. The first-order chi connectivity index (χ1) is 9.02. The highest BCUT2D eigenvalue weighted by atomic mass is 16.5. The van der Waals surface area contributed by atoms with E-state index in [-0.39, 0.29) is 5.97 Å². The maximum absolute atomic E-state index is 11.3. The highest BCUT2D eigenvalue weighted by molar-refractivity contribution is 5.69. The molecule has 0 aromatic rings. The Morgan fingerprint density at radius 2 is 1.53 bits per heavy atom. The Hall–Kier alpha value is -0.610. The smallest absolute Gasteiger partial charge is 0.305 e. The van der Waals surface area contributed by atoms with Crippen LogP contribution in [0, 0.1) is 11.8 Å². The molecule has 0 aromatic heterocycles. The van der Waals surface area contributed by atoms with Crippen LogP contribution >= 0.6 is 0 Å². The molecule has 19 heavy (non-hydrogen) atoms. The van der Waals surface area contributed by atoms with E-state index in [0.29, 0.717) is 51.1 Å². The van der Waals surface area contributed by atoms with Crippen molar-refractivity contribution in [2.75, 3.05) is 33.0 Å². The van der Waals surface area contributed by atoms with Crippen LogP contribution < -0.4 is 0 Å². The van der Waals surface area contributed by atoms with Gasteiger partial charge >= 0.3 is 5.97 Å². The molecular weight excluding hydrogens is 244 g/mol. The fourth-order valence-corrected chi connectivity index (χ4v) is 1.29. The van der Waals surface area contributed by atoms with E-state index in [1.807, 2.05) is 13.8 Å². The van der Waals surface area contributed by atoms with Crippen LogP contribution in [-0.4, -0.2) is 39.0 Å². The zero-order valence-corrected chi connectivity index (χ0v) is 12.9. The molecule has 0 saturated heterocycles. The molecule has 0 atom stereocenters. The summed E-state index contributed by atoms with van der Waals surface area (Å²) >= 11 is 0. The molecule has 0 amide bonds. The van der Waals surface area contributed by atoms with Crippen LogP contribution in [0.1, 0.15) is 47.0 Å². The van der Waals surface area contributed by atoms with Crippen molar-refractivity contribution in [1.29, 1.82) is 0 Å². The second-order valence-corrected chi connectivity index (χ2v) is 5.59. The summed E-state index contributed by atoms with van der Waals surface area (Å²) in [4.78, 5) is 11.3. The van der Waals surface area contributed by atoms with Crippen LogP contribution in [-0.2, 0) is 19.0 Å². The van der Waals surface area contributed by atoms with Gasteiger partial charge in [-0.2, -0.15) is 0 Å². The highest BCUT2D eigenvalue weighted by Crippen LogP contribution is 1.99. The van der Waals surface area contributed by atoms with Crippen LogP contribution in [0.25, 0.3) is 0 Å². The molecule has 0 rings (SSSR count). The van der Waals surface area contributed by atoms with Crippen LogP contribution in [0.15, 0.2) is 0 Å². The average Bonchev–Trinajstić information content (AvgIpc) is 2.34. The van der Waals surface area contributed by atoms with Gasteiger partial charge in [-0.05, 0) is 24.7 Å². The van der Waals surface area contributed by atoms with Gasteiger partial charge in [0.2, 0.25) is 0 Å². The summed E-state index contributed by atoms with van der Waals surface area (Å²) in [5, 5.41) is 0. The Kier molecular flexibility index (Phi) is 12.0. The predicted octanol–water partition coefficient (Wildman–Crippen LogP) is 3.05. The largest absolute Gasteiger partial charge is 0.465 e. The molecule has 0 unspecified atom stereocenters. The Balaban J connectivity index is 3.16. The maximum Gasteiger partial charge on any atom is 0.305 e. The van der Waals surface area contributed by atoms with Crippen molar-refractivity contribution in [1.82, 2.24) is 0 Å². The van der Waals surface area contributed by atoms with Gasteiger partial charge in [-0.3, -0.25) is 4.79 Å². The first-order valence-electron chi connectivity index (χ1n) is 7.33.